The Kier molecular flexibility index (Phi) is 5.05. The number of nitrogens with zero attached hydrogens (tertiary/aromatic N) is 2. The summed E-state index contributed by atoms with van der Waals surface area (Å²) in [5.41, 5.74) is 5.77. The Labute approximate surface area is 134 Å². The first-order valence-electron chi connectivity index (χ1n) is 7.32. The van der Waals surface area contributed by atoms with Gasteiger partial charge in [-0.25, -0.2) is 5.43 Å². The molecule has 120 valence electrons. The quantitative estimate of drug-likeness (QED) is 0.523. The Hall–Kier alpha value is -2.76. The molecule has 1 aliphatic carbocycles. The summed E-state index contributed by atoms with van der Waals surface area (Å²) in [4.78, 5) is 22.2. The molecular weight excluding hydrogens is 294 g/mol. The Balaban J connectivity index is 2.07. The predicted molar refractivity (Wildman–Crippen MR) is 89.3 cm³/mol. The minimum Gasteiger partial charge on any atom is -0.267 e. The number of amides is 1. The first-order valence-corrected chi connectivity index (χ1v) is 7.32. The molecule has 1 amide bonds. The van der Waals surface area contributed by atoms with E-state index in [0.717, 1.165) is 29.7 Å². The number of allylic oxidation sites excluding steroid dienone is 3. The van der Waals surface area contributed by atoms with Crippen molar-refractivity contribution in [3.63, 3.8) is 0 Å². The molecule has 2 rings (SSSR count). The summed E-state index contributed by atoms with van der Waals surface area (Å²) in [6.07, 6.45) is 3.79. The Morgan fingerprint density at radius 1 is 1.39 bits per heavy atom. The van der Waals surface area contributed by atoms with Crippen LogP contribution in [-0.2, 0) is 0 Å². The van der Waals surface area contributed by atoms with Crippen LogP contribution in [0.15, 0.2) is 53.2 Å². The molecule has 6 nitrogen and oxygen atoms in total. The molecule has 0 fully saturated rings. The van der Waals surface area contributed by atoms with Crippen molar-refractivity contribution in [2.75, 3.05) is 0 Å². The molecule has 0 bridgehead atoms. The highest BCUT2D eigenvalue weighted by Crippen LogP contribution is 2.26. The van der Waals surface area contributed by atoms with E-state index in [1.165, 1.54) is 24.3 Å². The molecule has 1 atom stereocenters. The summed E-state index contributed by atoms with van der Waals surface area (Å²) in [7, 11) is 0. The van der Waals surface area contributed by atoms with Crippen LogP contribution in [0.5, 0.6) is 0 Å². The predicted octanol–water partition coefficient (Wildman–Crippen LogP) is 3.61. The van der Waals surface area contributed by atoms with E-state index in [0.29, 0.717) is 11.5 Å². The molecule has 0 saturated heterocycles. The van der Waals surface area contributed by atoms with Crippen molar-refractivity contribution in [1.29, 1.82) is 0 Å². The van der Waals surface area contributed by atoms with Crippen LogP contribution in [0.2, 0.25) is 0 Å². The fourth-order valence-electron chi connectivity index (χ4n) is 2.34. The van der Waals surface area contributed by atoms with Crippen LogP contribution in [-0.4, -0.2) is 16.5 Å². The van der Waals surface area contributed by atoms with E-state index in [2.05, 4.69) is 23.2 Å². The van der Waals surface area contributed by atoms with Crippen molar-refractivity contribution >= 4 is 17.3 Å². The summed E-state index contributed by atoms with van der Waals surface area (Å²) in [6.45, 7) is 7.93. The molecular formula is C17H19N3O3. The van der Waals surface area contributed by atoms with E-state index in [1.54, 1.807) is 0 Å². The fourth-order valence-corrected chi connectivity index (χ4v) is 2.34. The standard InChI is InChI=1S/C17H19N3O3/c1-11(2)14-5-4-12(3)16(10-14)18-19-17(21)13-6-8-15(9-7-13)20(22)23/h4,6-9,14H,1,5,10H2,2-3H3,(H,19,21)/t14-/m0/s1. The lowest BCUT2D eigenvalue weighted by atomic mass is 9.85. The molecule has 0 unspecified atom stereocenters. The van der Waals surface area contributed by atoms with Gasteiger partial charge < -0.3 is 0 Å². The van der Waals surface area contributed by atoms with Crippen LogP contribution in [0.3, 0.4) is 0 Å². The van der Waals surface area contributed by atoms with Gasteiger partial charge in [-0.1, -0.05) is 18.2 Å². The maximum Gasteiger partial charge on any atom is 0.271 e. The molecule has 0 aliphatic heterocycles. The normalized spacial score (nSPS) is 19.1. The van der Waals surface area contributed by atoms with Crippen molar-refractivity contribution in [2.24, 2.45) is 11.0 Å². The van der Waals surface area contributed by atoms with Crippen molar-refractivity contribution in [3.8, 4) is 0 Å². The van der Waals surface area contributed by atoms with Gasteiger partial charge in [0.05, 0.1) is 10.6 Å². The number of hydrogen-bond acceptors (Lipinski definition) is 4. The van der Waals surface area contributed by atoms with Crippen molar-refractivity contribution in [1.82, 2.24) is 5.43 Å². The van der Waals surface area contributed by atoms with Gasteiger partial charge in [0.2, 0.25) is 0 Å². The number of carbonyl (C=O) groups excluding carboxylic acids is 1. The van der Waals surface area contributed by atoms with E-state index in [-0.39, 0.29) is 5.69 Å². The fraction of sp³-hybridized carbons (Fsp3) is 0.294. The Morgan fingerprint density at radius 3 is 2.61 bits per heavy atom. The number of nitro benzene ring substituents is 1. The molecule has 0 spiro atoms. The lowest BCUT2D eigenvalue weighted by Gasteiger charge is -2.22. The van der Waals surface area contributed by atoms with E-state index >= 15 is 0 Å². The van der Waals surface area contributed by atoms with Crippen molar-refractivity contribution in [3.05, 3.63) is 63.7 Å². The molecule has 1 aliphatic rings. The van der Waals surface area contributed by atoms with Crippen LogP contribution >= 0.6 is 0 Å². The van der Waals surface area contributed by atoms with Gasteiger partial charge in [-0.3, -0.25) is 14.9 Å². The lowest BCUT2D eigenvalue weighted by Crippen LogP contribution is -2.23. The Morgan fingerprint density at radius 2 is 2.04 bits per heavy atom. The second kappa shape index (κ2) is 7.00. The van der Waals surface area contributed by atoms with E-state index in [4.69, 9.17) is 0 Å². The minimum absolute atomic E-state index is 0.0526. The molecule has 1 N–H and O–H groups in total. The zero-order chi connectivity index (χ0) is 17.0. The molecule has 0 radical (unpaired) electrons. The lowest BCUT2D eigenvalue weighted by molar-refractivity contribution is -0.384. The number of benzene rings is 1. The molecule has 0 heterocycles. The van der Waals surface area contributed by atoms with Crippen LogP contribution in [0, 0.1) is 16.0 Å². The van der Waals surface area contributed by atoms with Crippen molar-refractivity contribution in [2.45, 2.75) is 26.7 Å². The van der Waals surface area contributed by atoms with Crippen molar-refractivity contribution < 1.29 is 9.72 Å². The third-order valence-corrected chi connectivity index (χ3v) is 3.93. The minimum atomic E-state index is -0.504. The van der Waals surface area contributed by atoms with Gasteiger partial charge in [-0.15, -0.1) is 0 Å². The first-order chi connectivity index (χ1) is 10.9. The summed E-state index contributed by atoms with van der Waals surface area (Å²) in [5.74, 6) is -0.0497. The van der Waals surface area contributed by atoms with E-state index in [9.17, 15) is 14.9 Å². The smallest absolute Gasteiger partial charge is 0.267 e. The van der Waals surface area contributed by atoms with Crippen LogP contribution in [0.25, 0.3) is 0 Å². The van der Waals surface area contributed by atoms with Crippen LogP contribution in [0.1, 0.15) is 37.0 Å². The average molecular weight is 313 g/mol. The second-order valence-corrected chi connectivity index (χ2v) is 5.67. The summed E-state index contributed by atoms with van der Waals surface area (Å²) >= 11 is 0. The monoisotopic (exact) mass is 313 g/mol. The third-order valence-electron chi connectivity index (χ3n) is 3.93. The number of hydrazone groups is 1. The Bertz CT molecular complexity index is 702. The topological polar surface area (TPSA) is 84.6 Å². The van der Waals surface area contributed by atoms with Crippen LogP contribution in [0.4, 0.5) is 5.69 Å². The number of nitro groups is 1. The maximum absolute atomic E-state index is 12.1. The third kappa shape index (κ3) is 4.12. The average Bonchev–Trinajstić information content (AvgIpc) is 2.53. The number of nitrogens with one attached hydrogen (secondary N) is 1. The number of carbonyl (C=O) groups is 1. The van der Waals surface area contributed by atoms with Gasteiger partial charge in [0.1, 0.15) is 0 Å². The van der Waals surface area contributed by atoms with Gasteiger partial charge in [-0.05, 0) is 50.3 Å². The van der Waals surface area contributed by atoms with Gasteiger partial charge in [0, 0.05) is 17.7 Å². The largest absolute Gasteiger partial charge is 0.271 e. The highest BCUT2D eigenvalue weighted by atomic mass is 16.6. The molecule has 23 heavy (non-hydrogen) atoms. The summed E-state index contributed by atoms with van der Waals surface area (Å²) < 4.78 is 0. The zero-order valence-electron chi connectivity index (χ0n) is 13.2. The summed E-state index contributed by atoms with van der Waals surface area (Å²) in [6, 6.07) is 5.41. The van der Waals surface area contributed by atoms with Gasteiger partial charge in [0.25, 0.3) is 11.6 Å². The number of hydrogen-bond donors (Lipinski definition) is 1. The van der Waals surface area contributed by atoms with E-state index < -0.39 is 10.8 Å². The van der Waals surface area contributed by atoms with Gasteiger partial charge >= 0.3 is 0 Å². The molecule has 6 heteroatoms. The molecule has 0 saturated carbocycles. The molecule has 1 aromatic carbocycles. The van der Waals surface area contributed by atoms with Crippen LogP contribution < -0.4 is 5.43 Å². The summed E-state index contributed by atoms with van der Waals surface area (Å²) in [5, 5.41) is 14.8. The van der Waals surface area contributed by atoms with Gasteiger partial charge in [-0.2, -0.15) is 5.10 Å². The molecule has 1 aromatic rings. The van der Waals surface area contributed by atoms with Gasteiger partial charge in [0.15, 0.2) is 0 Å². The second-order valence-electron chi connectivity index (χ2n) is 5.67. The highest BCUT2D eigenvalue weighted by Gasteiger charge is 2.19. The van der Waals surface area contributed by atoms with E-state index in [1.807, 2.05) is 13.8 Å². The highest BCUT2D eigenvalue weighted by molar-refractivity contribution is 6.02. The number of rotatable bonds is 4. The maximum atomic E-state index is 12.1. The first kappa shape index (κ1) is 16.6. The number of non-ortho nitro benzene ring substituents is 1. The molecule has 0 aromatic heterocycles. The zero-order valence-corrected chi connectivity index (χ0v) is 13.2. The SMILES string of the molecule is C=C(C)[C@H]1CC=C(C)C(=NNC(=O)c2ccc([N+](=O)[O-])cc2)C1.